The van der Waals surface area contributed by atoms with Crippen LogP contribution in [0.5, 0.6) is 0 Å². The number of hydrogen-bond donors (Lipinski definition) is 1. The van der Waals surface area contributed by atoms with Crippen LogP contribution in [-0.2, 0) is 0 Å². The summed E-state index contributed by atoms with van der Waals surface area (Å²) < 4.78 is 18.8. The minimum Gasteiger partial charge on any atom is -0.463 e. The maximum absolute atomic E-state index is 13.7. The Morgan fingerprint density at radius 1 is 1.40 bits per heavy atom. The number of hydrazone groups is 1. The Hall–Kier alpha value is -2.44. The van der Waals surface area contributed by atoms with Crippen LogP contribution < -0.4 is 10.3 Å². The van der Waals surface area contributed by atoms with Gasteiger partial charge in [0.25, 0.3) is 0 Å². The molecule has 0 saturated carbocycles. The average molecular weight is 275 g/mol. The molecule has 0 unspecified atom stereocenters. The minimum atomic E-state index is -0.410. The van der Waals surface area contributed by atoms with Gasteiger partial charge in [-0.05, 0) is 25.0 Å². The fraction of sp³-hybridized carbons (Fsp3) is 0.308. The maximum atomic E-state index is 13.7. The van der Waals surface area contributed by atoms with E-state index in [2.05, 4.69) is 20.5 Å². The molecule has 3 heterocycles. The predicted octanol–water partition coefficient (Wildman–Crippen LogP) is 2.25. The van der Waals surface area contributed by atoms with Crippen LogP contribution >= 0.6 is 0 Å². The van der Waals surface area contributed by atoms with Gasteiger partial charge < -0.3 is 9.32 Å². The van der Waals surface area contributed by atoms with E-state index in [-0.39, 0.29) is 5.95 Å². The van der Waals surface area contributed by atoms with Gasteiger partial charge in [-0.15, -0.1) is 0 Å². The van der Waals surface area contributed by atoms with Gasteiger partial charge in [0.2, 0.25) is 5.95 Å². The van der Waals surface area contributed by atoms with E-state index in [0.717, 1.165) is 32.1 Å². The smallest absolute Gasteiger partial charge is 0.245 e. The first-order chi connectivity index (χ1) is 9.83. The van der Waals surface area contributed by atoms with Gasteiger partial charge in [-0.25, -0.2) is 14.8 Å². The highest BCUT2D eigenvalue weighted by Crippen LogP contribution is 2.21. The molecule has 0 radical (unpaired) electrons. The summed E-state index contributed by atoms with van der Waals surface area (Å²) in [6, 6.07) is 3.54. The fourth-order valence-corrected chi connectivity index (χ4v) is 2.08. The Bertz CT molecular complexity index is 593. The molecule has 0 amide bonds. The maximum Gasteiger partial charge on any atom is 0.245 e. The third-order valence-corrected chi connectivity index (χ3v) is 3.03. The molecule has 1 saturated heterocycles. The van der Waals surface area contributed by atoms with E-state index in [1.807, 2.05) is 4.90 Å². The highest BCUT2D eigenvalue weighted by molar-refractivity contribution is 5.76. The molecule has 2 aromatic rings. The molecule has 6 nitrogen and oxygen atoms in total. The minimum absolute atomic E-state index is 0.260. The van der Waals surface area contributed by atoms with Gasteiger partial charge >= 0.3 is 0 Å². The molecule has 7 heteroatoms. The van der Waals surface area contributed by atoms with Crippen molar-refractivity contribution in [3.05, 3.63) is 36.2 Å². The predicted molar refractivity (Wildman–Crippen MR) is 73.4 cm³/mol. The van der Waals surface area contributed by atoms with Crippen LogP contribution in [0.2, 0.25) is 0 Å². The summed E-state index contributed by atoms with van der Waals surface area (Å²) in [5, 5.41) is 3.95. The summed E-state index contributed by atoms with van der Waals surface area (Å²) in [5.41, 5.74) is 2.67. The summed E-state index contributed by atoms with van der Waals surface area (Å²) >= 11 is 0. The van der Waals surface area contributed by atoms with Gasteiger partial charge in [0.1, 0.15) is 5.76 Å². The molecule has 3 rings (SSSR count). The van der Waals surface area contributed by atoms with Crippen molar-refractivity contribution in [3.63, 3.8) is 0 Å². The SMILES string of the molecule is Fc1cnc(NN=Cc2ccco2)nc1N1CCCC1. The number of rotatable bonds is 4. The number of hydrogen-bond acceptors (Lipinski definition) is 6. The van der Waals surface area contributed by atoms with Gasteiger partial charge in [0, 0.05) is 13.1 Å². The molecule has 0 aromatic carbocycles. The monoisotopic (exact) mass is 275 g/mol. The molecule has 0 aliphatic carbocycles. The summed E-state index contributed by atoms with van der Waals surface area (Å²) in [6.07, 6.45) is 6.33. The van der Waals surface area contributed by atoms with Crippen LogP contribution in [0.1, 0.15) is 18.6 Å². The highest BCUT2D eigenvalue weighted by Gasteiger charge is 2.18. The number of halogens is 1. The third-order valence-electron chi connectivity index (χ3n) is 3.03. The van der Waals surface area contributed by atoms with Crippen LogP contribution in [0.15, 0.2) is 34.1 Å². The standard InChI is InChI=1S/C13H14FN5O/c14-11-9-15-13(17-12(11)19-5-1-2-6-19)18-16-8-10-4-3-7-20-10/h3-4,7-9H,1-2,5-6H2,(H,15,17,18). The molecule has 1 aliphatic rings. The van der Waals surface area contributed by atoms with Crippen LogP contribution in [0, 0.1) is 5.82 Å². The second-order valence-corrected chi connectivity index (χ2v) is 4.44. The molecular formula is C13H14FN5O. The van der Waals surface area contributed by atoms with Crippen LogP contribution in [0.3, 0.4) is 0 Å². The van der Waals surface area contributed by atoms with Crippen LogP contribution in [0.25, 0.3) is 0 Å². The molecule has 1 fully saturated rings. The first kappa shape index (κ1) is 12.6. The zero-order chi connectivity index (χ0) is 13.8. The zero-order valence-corrected chi connectivity index (χ0v) is 10.8. The van der Waals surface area contributed by atoms with Crippen molar-refractivity contribution in [3.8, 4) is 0 Å². The van der Waals surface area contributed by atoms with E-state index in [4.69, 9.17) is 4.42 Å². The van der Waals surface area contributed by atoms with Gasteiger partial charge in [-0.3, -0.25) is 0 Å². The number of furan rings is 1. The number of anilines is 2. The number of nitrogens with one attached hydrogen (secondary N) is 1. The molecule has 1 N–H and O–H groups in total. The molecule has 1 aliphatic heterocycles. The van der Waals surface area contributed by atoms with Gasteiger partial charge in [0.15, 0.2) is 11.6 Å². The molecule has 0 atom stereocenters. The van der Waals surface area contributed by atoms with E-state index in [1.165, 1.54) is 6.21 Å². The Labute approximate surface area is 115 Å². The summed E-state index contributed by atoms with van der Waals surface area (Å²) in [5.74, 6) is 0.788. The zero-order valence-electron chi connectivity index (χ0n) is 10.8. The van der Waals surface area contributed by atoms with Crippen LogP contribution in [-0.4, -0.2) is 29.3 Å². The third kappa shape index (κ3) is 2.76. The van der Waals surface area contributed by atoms with E-state index in [9.17, 15) is 4.39 Å². The van der Waals surface area contributed by atoms with Gasteiger partial charge in [-0.2, -0.15) is 10.1 Å². The summed E-state index contributed by atoms with van der Waals surface area (Å²) in [6.45, 7) is 1.64. The topological polar surface area (TPSA) is 66.5 Å². The van der Waals surface area contributed by atoms with Crippen molar-refractivity contribution in [1.82, 2.24) is 9.97 Å². The largest absolute Gasteiger partial charge is 0.463 e. The van der Waals surface area contributed by atoms with E-state index >= 15 is 0 Å². The van der Waals surface area contributed by atoms with Gasteiger partial charge in [0.05, 0.1) is 18.7 Å². The first-order valence-corrected chi connectivity index (χ1v) is 6.43. The quantitative estimate of drug-likeness (QED) is 0.684. The lowest BCUT2D eigenvalue weighted by molar-refractivity contribution is 0.560. The Balaban J connectivity index is 1.72. The molecule has 0 spiro atoms. The van der Waals surface area contributed by atoms with Gasteiger partial charge in [-0.1, -0.05) is 0 Å². The Kier molecular flexibility index (Phi) is 3.58. The van der Waals surface area contributed by atoms with Crippen molar-refractivity contribution >= 4 is 18.0 Å². The van der Waals surface area contributed by atoms with Crippen molar-refractivity contribution in [2.24, 2.45) is 5.10 Å². The molecule has 0 bridgehead atoms. The second kappa shape index (κ2) is 5.68. The van der Waals surface area contributed by atoms with E-state index in [0.29, 0.717) is 11.6 Å². The number of aromatic nitrogens is 2. The van der Waals surface area contributed by atoms with Crippen molar-refractivity contribution < 1.29 is 8.81 Å². The van der Waals surface area contributed by atoms with E-state index < -0.39 is 5.82 Å². The van der Waals surface area contributed by atoms with Crippen molar-refractivity contribution in [2.45, 2.75) is 12.8 Å². The van der Waals surface area contributed by atoms with Crippen molar-refractivity contribution in [1.29, 1.82) is 0 Å². The molecule has 2 aromatic heterocycles. The summed E-state index contributed by atoms with van der Waals surface area (Å²) in [7, 11) is 0. The van der Waals surface area contributed by atoms with Crippen molar-refractivity contribution in [2.75, 3.05) is 23.4 Å². The number of nitrogens with zero attached hydrogens (tertiary/aromatic N) is 4. The molecule has 104 valence electrons. The lowest BCUT2D eigenvalue weighted by Crippen LogP contribution is -2.21. The lowest BCUT2D eigenvalue weighted by Gasteiger charge is -2.16. The van der Waals surface area contributed by atoms with E-state index in [1.54, 1.807) is 18.4 Å². The average Bonchev–Trinajstić information content (AvgIpc) is 3.13. The highest BCUT2D eigenvalue weighted by atomic mass is 19.1. The Morgan fingerprint density at radius 2 is 2.25 bits per heavy atom. The second-order valence-electron chi connectivity index (χ2n) is 4.44. The molecular weight excluding hydrogens is 261 g/mol. The van der Waals surface area contributed by atoms with Crippen LogP contribution in [0.4, 0.5) is 16.2 Å². The molecule has 20 heavy (non-hydrogen) atoms. The lowest BCUT2D eigenvalue weighted by atomic mass is 10.4. The normalized spacial score (nSPS) is 15.2. The summed E-state index contributed by atoms with van der Waals surface area (Å²) in [4.78, 5) is 9.93. The first-order valence-electron chi connectivity index (χ1n) is 6.43. The fourth-order valence-electron chi connectivity index (χ4n) is 2.08. The Morgan fingerprint density at radius 3 is 3.00 bits per heavy atom.